The number of halogens is 1. The molecule has 2 aliphatic rings. The van der Waals surface area contributed by atoms with E-state index in [2.05, 4.69) is 26.1 Å². The lowest BCUT2D eigenvalue weighted by Gasteiger charge is -2.33. The zero-order valence-electron chi connectivity index (χ0n) is 13.5. The molecule has 2 fully saturated rings. The van der Waals surface area contributed by atoms with Crippen LogP contribution < -0.4 is 0 Å². The van der Waals surface area contributed by atoms with Crippen LogP contribution in [0.2, 0.25) is 0 Å². The van der Waals surface area contributed by atoms with Crippen molar-refractivity contribution in [3.05, 3.63) is 28.7 Å². The van der Waals surface area contributed by atoms with Crippen molar-refractivity contribution in [1.29, 1.82) is 0 Å². The van der Waals surface area contributed by atoms with Crippen molar-refractivity contribution < 1.29 is 9.15 Å². The lowest BCUT2D eigenvalue weighted by Crippen LogP contribution is -2.32. The first-order chi connectivity index (χ1) is 11.7. The van der Waals surface area contributed by atoms with Crippen LogP contribution in [-0.2, 0) is 4.74 Å². The first-order valence-electron chi connectivity index (χ1n) is 8.63. The van der Waals surface area contributed by atoms with Gasteiger partial charge in [0, 0.05) is 10.2 Å². The van der Waals surface area contributed by atoms with Gasteiger partial charge in [-0.15, -0.1) is 10.2 Å². The molecule has 4 nitrogen and oxygen atoms in total. The number of ether oxygens (including phenoxy) is 1. The maximum atomic E-state index is 6.40. The highest BCUT2D eigenvalue weighted by molar-refractivity contribution is 9.10. The van der Waals surface area contributed by atoms with Gasteiger partial charge >= 0.3 is 0 Å². The molecule has 128 valence electrons. The van der Waals surface area contributed by atoms with Crippen LogP contribution in [0.1, 0.15) is 44.9 Å². The average Bonchev–Trinajstić information content (AvgIpc) is 3.22. The maximum Gasteiger partial charge on any atom is 0.276 e. The third-order valence-corrected chi connectivity index (χ3v) is 6.65. The molecule has 1 aliphatic carbocycles. The minimum absolute atomic E-state index is 0.179. The lowest BCUT2D eigenvalue weighted by atomic mass is 9.83. The van der Waals surface area contributed by atoms with Crippen LogP contribution >= 0.6 is 27.7 Å². The fourth-order valence-electron chi connectivity index (χ4n) is 3.75. The van der Waals surface area contributed by atoms with E-state index in [0.717, 1.165) is 22.2 Å². The summed E-state index contributed by atoms with van der Waals surface area (Å²) in [6.45, 7) is 0. The summed E-state index contributed by atoms with van der Waals surface area (Å²) in [7, 11) is 0. The van der Waals surface area contributed by atoms with Gasteiger partial charge in [-0.2, -0.15) is 0 Å². The SMILES string of the molecule is Brc1ccccc1-c1nnc(SC[C@@H]2CCC3(CCCCC3)O2)o1. The molecule has 0 radical (unpaired) electrons. The first-order valence-corrected chi connectivity index (χ1v) is 10.4. The Bertz CT molecular complexity index is 700. The van der Waals surface area contributed by atoms with E-state index < -0.39 is 0 Å². The summed E-state index contributed by atoms with van der Waals surface area (Å²) in [5.41, 5.74) is 1.10. The van der Waals surface area contributed by atoms with Crippen LogP contribution in [-0.4, -0.2) is 27.7 Å². The Balaban J connectivity index is 1.35. The topological polar surface area (TPSA) is 48.2 Å². The minimum Gasteiger partial charge on any atom is -0.411 e. The van der Waals surface area contributed by atoms with Crippen molar-refractivity contribution in [2.24, 2.45) is 0 Å². The molecule has 1 atom stereocenters. The van der Waals surface area contributed by atoms with Crippen LogP contribution in [0.4, 0.5) is 0 Å². The molecule has 2 aromatic rings. The van der Waals surface area contributed by atoms with Crippen LogP contribution in [0.25, 0.3) is 11.5 Å². The molecule has 2 heterocycles. The van der Waals surface area contributed by atoms with Crippen LogP contribution in [0.15, 0.2) is 38.4 Å². The van der Waals surface area contributed by atoms with Gasteiger partial charge in [0.15, 0.2) is 0 Å². The zero-order chi connectivity index (χ0) is 16.4. The zero-order valence-corrected chi connectivity index (χ0v) is 15.9. The molecule has 1 saturated carbocycles. The van der Waals surface area contributed by atoms with E-state index in [1.165, 1.54) is 38.5 Å². The summed E-state index contributed by atoms with van der Waals surface area (Å²) in [4.78, 5) is 0. The number of hydrogen-bond donors (Lipinski definition) is 0. The summed E-state index contributed by atoms with van der Waals surface area (Å²) in [6, 6.07) is 7.88. The Morgan fingerprint density at radius 1 is 1.12 bits per heavy atom. The Labute approximate surface area is 154 Å². The Hall–Kier alpha value is -0.850. The van der Waals surface area contributed by atoms with Gasteiger partial charge in [0.05, 0.1) is 17.3 Å². The van der Waals surface area contributed by atoms with Crippen LogP contribution in [0, 0.1) is 0 Å². The number of benzene rings is 1. The van der Waals surface area contributed by atoms with E-state index in [4.69, 9.17) is 9.15 Å². The average molecular weight is 409 g/mol. The van der Waals surface area contributed by atoms with Gasteiger partial charge in [-0.3, -0.25) is 0 Å². The molecule has 0 unspecified atom stereocenters. The van der Waals surface area contributed by atoms with Gasteiger partial charge in [-0.05, 0) is 53.7 Å². The Morgan fingerprint density at radius 2 is 1.96 bits per heavy atom. The smallest absolute Gasteiger partial charge is 0.276 e. The van der Waals surface area contributed by atoms with E-state index in [1.54, 1.807) is 11.8 Å². The second kappa shape index (κ2) is 7.18. The van der Waals surface area contributed by atoms with Crippen molar-refractivity contribution >= 4 is 27.7 Å². The van der Waals surface area contributed by atoms with Gasteiger partial charge in [-0.25, -0.2) is 0 Å². The van der Waals surface area contributed by atoms with Gasteiger partial charge in [0.2, 0.25) is 5.89 Å². The summed E-state index contributed by atoms with van der Waals surface area (Å²) < 4.78 is 13.2. The van der Waals surface area contributed by atoms with Crippen LogP contribution in [0.3, 0.4) is 0 Å². The molecule has 1 saturated heterocycles. The van der Waals surface area contributed by atoms with Crippen molar-refractivity contribution in [1.82, 2.24) is 10.2 Å². The molecular formula is C18H21BrN2O2S. The molecule has 0 bridgehead atoms. The summed E-state index contributed by atoms with van der Waals surface area (Å²) in [5, 5.41) is 8.96. The van der Waals surface area contributed by atoms with Gasteiger partial charge in [0.1, 0.15) is 0 Å². The fourth-order valence-corrected chi connectivity index (χ4v) is 5.01. The first kappa shape index (κ1) is 16.6. The molecule has 1 aromatic carbocycles. The Kier molecular flexibility index (Phi) is 4.97. The summed E-state index contributed by atoms with van der Waals surface area (Å²) in [5.74, 6) is 1.44. The molecule has 0 amide bonds. The highest BCUT2D eigenvalue weighted by atomic mass is 79.9. The standard InChI is InChI=1S/C18H21BrN2O2S/c19-15-7-3-2-6-14(15)16-20-21-17(22-16)24-12-13-8-11-18(23-13)9-4-1-5-10-18/h2-3,6-7,13H,1,4-5,8-12H2/t13-/m0/s1. The van der Waals surface area contributed by atoms with E-state index >= 15 is 0 Å². The monoisotopic (exact) mass is 408 g/mol. The predicted molar refractivity (Wildman–Crippen MR) is 98.1 cm³/mol. The number of rotatable bonds is 4. The van der Waals surface area contributed by atoms with Gasteiger partial charge in [0.25, 0.3) is 5.22 Å². The molecule has 24 heavy (non-hydrogen) atoms. The number of thioether (sulfide) groups is 1. The third kappa shape index (κ3) is 3.55. The molecule has 1 aromatic heterocycles. The summed E-state index contributed by atoms with van der Waals surface area (Å²) in [6.07, 6.45) is 9.15. The number of nitrogens with zero attached hydrogens (tertiary/aromatic N) is 2. The second-order valence-electron chi connectivity index (χ2n) is 6.69. The number of hydrogen-bond acceptors (Lipinski definition) is 5. The van der Waals surface area contributed by atoms with Gasteiger partial charge < -0.3 is 9.15 Å². The normalized spacial score (nSPS) is 23.0. The van der Waals surface area contributed by atoms with E-state index in [1.807, 2.05) is 24.3 Å². The van der Waals surface area contributed by atoms with Crippen molar-refractivity contribution in [2.45, 2.75) is 61.9 Å². The fraction of sp³-hybridized carbons (Fsp3) is 0.556. The van der Waals surface area contributed by atoms with E-state index in [-0.39, 0.29) is 5.60 Å². The Morgan fingerprint density at radius 3 is 2.79 bits per heavy atom. The highest BCUT2D eigenvalue weighted by Crippen LogP contribution is 2.43. The van der Waals surface area contributed by atoms with Crippen molar-refractivity contribution in [3.8, 4) is 11.5 Å². The minimum atomic E-state index is 0.179. The second-order valence-corrected chi connectivity index (χ2v) is 8.51. The molecule has 6 heteroatoms. The molecule has 4 rings (SSSR count). The summed E-state index contributed by atoms with van der Waals surface area (Å²) >= 11 is 5.13. The maximum absolute atomic E-state index is 6.40. The molecular weight excluding hydrogens is 388 g/mol. The molecule has 1 aliphatic heterocycles. The van der Waals surface area contributed by atoms with E-state index in [0.29, 0.717) is 17.2 Å². The van der Waals surface area contributed by atoms with Crippen LogP contribution in [0.5, 0.6) is 0 Å². The lowest BCUT2D eigenvalue weighted by molar-refractivity contribution is -0.0555. The third-order valence-electron chi connectivity index (χ3n) is 5.01. The molecule has 1 spiro atoms. The van der Waals surface area contributed by atoms with Crippen molar-refractivity contribution in [3.63, 3.8) is 0 Å². The molecule has 0 N–H and O–H groups in total. The predicted octanol–water partition coefficient (Wildman–Crippen LogP) is 5.47. The van der Waals surface area contributed by atoms with Crippen molar-refractivity contribution in [2.75, 3.05) is 5.75 Å². The number of aromatic nitrogens is 2. The quantitative estimate of drug-likeness (QED) is 0.627. The largest absolute Gasteiger partial charge is 0.411 e. The highest BCUT2D eigenvalue weighted by Gasteiger charge is 2.40. The van der Waals surface area contributed by atoms with Gasteiger partial charge in [-0.1, -0.05) is 43.2 Å². The van der Waals surface area contributed by atoms with E-state index in [9.17, 15) is 0 Å².